The monoisotopic (exact) mass is 312 g/mol. The summed E-state index contributed by atoms with van der Waals surface area (Å²) in [6.07, 6.45) is 7.09. The first-order chi connectivity index (χ1) is 11.3. The van der Waals surface area contributed by atoms with Crippen molar-refractivity contribution in [3.8, 4) is 5.75 Å². The van der Waals surface area contributed by atoms with E-state index in [1.807, 2.05) is 12.1 Å². The van der Waals surface area contributed by atoms with E-state index in [4.69, 9.17) is 4.74 Å². The molecule has 1 amide bonds. The summed E-state index contributed by atoms with van der Waals surface area (Å²) in [6, 6.07) is 7.43. The van der Waals surface area contributed by atoms with Crippen molar-refractivity contribution in [3.63, 3.8) is 0 Å². The molecule has 6 heteroatoms. The average Bonchev–Trinajstić information content (AvgIpc) is 2.62. The van der Waals surface area contributed by atoms with E-state index in [0.717, 1.165) is 31.5 Å². The van der Waals surface area contributed by atoms with Gasteiger partial charge >= 0.3 is 0 Å². The Hall–Kier alpha value is -2.47. The van der Waals surface area contributed by atoms with E-state index >= 15 is 0 Å². The van der Waals surface area contributed by atoms with E-state index in [1.165, 1.54) is 0 Å². The zero-order chi connectivity index (χ0) is 15.9. The fourth-order valence-electron chi connectivity index (χ4n) is 2.55. The molecule has 2 aromatic heterocycles. The maximum absolute atomic E-state index is 12.5. The Morgan fingerprint density at radius 3 is 2.96 bits per heavy atom. The highest BCUT2D eigenvalue weighted by Crippen LogP contribution is 2.17. The number of nitrogens with one attached hydrogen (secondary N) is 2. The van der Waals surface area contributed by atoms with Crippen molar-refractivity contribution in [1.29, 1.82) is 0 Å². The highest BCUT2D eigenvalue weighted by Gasteiger charge is 2.19. The smallest absolute Gasteiger partial charge is 0.274 e. The van der Waals surface area contributed by atoms with Gasteiger partial charge in [0.25, 0.3) is 5.91 Å². The Morgan fingerprint density at radius 2 is 2.17 bits per heavy atom. The number of carbonyl (C=O) groups is 1. The molecule has 1 atom stereocenters. The summed E-state index contributed by atoms with van der Waals surface area (Å²) in [5.74, 6) is 0.301. The third kappa shape index (κ3) is 4.26. The first kappa shape index (κ1) is 15.4. The molecule has 6 nitrogen and oxygen atoms in total. The Bertz CT molecular complexity index is 642. The lowest BCUT2D eigenvalue weighted by Gasteiger charge is -2.23. The van der Waals surface area contributed by atoms with Crippen LogP contribution < -0.4 is 15.4 Å². The number of nitrogens with zero attached hydrogens (tertiary/aromatic N) is 2. The molecule has 120 valence electrons. The van der Waals surface area contributed by atoms with Gasteiger partial charge in [-0.15, -0.1) is 0 Å². The van der Waals surface area contributed by atoms with Crippen LogP contribution in [-0.4, -0.2) is 35.0 Å². The van der Waals surface area contributed by atoms with Crippen LogP contribution in [0.3, 0.4) is 0 Å². The van der Waals surface area contributed by atoms with Gasteiger partial charge < -0.3 is 15.4 Å². The second-order valence-electron chi connectivity index (χ2n) is 5.51. The predicted octanol–water partition coefficient (Wildman–Crippen LogP) is 1.54. The average molecular weight is 312 g/mol. The van der Waals surface area contributed by atoms with Gasteiger partial charge in [-0.05, 0) is 49.2 Å². The molecule has 0 unspecified atom stereocenters. The van der Waals surface area contributed by atoms with Crippen LogP contribution in [0.4, 0.5) is 0 Å². The summed E-state index contributed by atoms with van der Waals surface area (Å²) in [7, 11) is 0. The van der Waals surface area contributed by atoms with Crippen LogP contribution in [0.1, 0.15) is 28.9 Å². The quantitative estimate of drug-likeness (QED) is 0.876. The van der Waals surface area contributed by atoms with Gasteiger partial charge in [-0.2, -0.15) is 0 Å². The predicted molar refractivity (Wildman–Crippen MR) is 86.2 cm³/mol. The minimum absolute atomic E-state index is 0.145. The summed E-state index contributed by atoms with van der Waals surface area (Å²) in [5.41, 5.74) is 1.32. The van der Waals surface area contributed by atoms with Gasteiger partial charge in [0.05, 0.1) is 0 Å². The number of piperidine rings is 1. The van der Waals surface area contributed by atoms with Crippen LogP contribution in [0, 0.1) is 0 Å². The van der Waals surface area contributed by atoms with E-state index in [1.54, 1.807) is 30.7 Å². The second-order valence-corrected chi connectivity index (χ2v) is 5.51. The maximum Gasteiger partial charge on any atom is 0.274 e. The second kappa shape index (κ2) is 7.69. The van der Waals surface area contributed by atoms with Crippen molar-refractivity contribution in [3.05, 3.63) is 54.1 Å². The summed E-state index contributed by atoms with van der Waals surface area (Å²) >= 11 is 0. The molecular weight excluding hydrogens is 292 g/mol. The van der Waals surface area contributed by atoms with Gasteiger partial charge in [-0.3, -0.25) is 9.78 Å². The largest absolute Gasteiger partial charge is 0.486 e. The number of aromatic nitrogens is 2. The fraction of sp³-hybridized carbons (Fsp3) is 0.353. The Balaban J connectivity index is 1.65. The van der Waals surface area contributed by atoms with Gasteiger partial charge in [0, 0.05) is 31.2 Å². The van der Waals surface area contributed by atoms with Gasteiger partial charge in [0.1, 0.15) is 6.61 Å². The number of hydrogen-bond acceptors (Lipinski definition) is 5. The Labute approximate surface area is 135 Å². The molecule has 0 spiro atoms. The molecule has 0 saturated carbocycles. The molecule has 1 aliphatic rings. The number of ether oxygens (including phenoxy) is 1. The number of pyridine rings is 2. The summed E-state index contributed by atoms with van der Waals surface area (Å²) in [5, 5.41) is 6.30. The van der Waals surface area contributed by atoms with Crippen LogP contribution in [0.15, 0.2) is 42.9 Å². The molecule has 0 bridgehead atoms. The number of hydrogen-bond donors (Lipinski definition) is 2. The molecule has 0 aliphatic carbocycles. The van der Waals surface area contributed by atoms with Gasteiger partial charge in [-0.1, -0.05) is 0 Å². The van der Waals surface area contributed by atoms with Gasteiger partial charge in [0.15, 0.2) is 11.4 Å². The third-order valence-corrected chi connectivity index (χ3v) is 3.76. The van der Waals surface area contributed by atoms with Gasteiger partial charge in [-0.25, -0.2) is 4.98 Å². The molecule has 1 aliphatic heterocycles. The van der Waals surface area contributed by atoms with Crippen molar-refractivity contribution in [2.75, 3.05) is 13.1 Å². The van der Waals surface area contributed by atoms with E-state index in [0.29, 0.717) is 18.1 Å². The summed E-state index contributed by atoms with van der Waals surface area (Å²) in [4.78, 5) is 20.6. The van der Waals surface area contributed by atoms with Crippen LogP contribution in [0.2, 0.25) is 0 Å². The third-order valence-electron chi connectivity index (χ3n) is 3.76. The van der Waals surface area contributed by atoms with Crippen molar-refractivity contribution in [1.82, 2.24) is 20.6 Å². The lowest BCUT2D eigenvalue weighted by atomic mass is 10.1. The molecule has 2 aromatic rings. The number of carbonyl (C=O) groups excluding carboxylic acids is 1. The summed E-state index contributed by atoms with van der Waals surface area (Å²) < 4.78 is 5.77. The number of rotatable bonds is 5. The van der Waals surface area contributed by atoms with Crippen molar-refractivity contribution in [2.24, 2.45) is 0 Å². The molecule has 3 heterocycles. The molecule has 2 N–H and O–H groups in total. The van der Waals surface area contributed by atoms with E-state index in [9.17, 15) is 4.79 Å². The zero-order valence-electron chi connectivity index (χ0n) is 12.9. The van der Waals surface area contributed by atoms with Crippen molar-refractivity contribution < 1.29 is 9.53 Å². The van der Waals surface area contributed by atoms with E-state index < -0.39 is 0 Å². The fourth-order valence-corrected chi connectivity index (χ4v) is 2.55. The first-order valence-corrected chi connectivity index (χ1v) is 7.81. The molecule has 0 aromatic carbocycles. The van der Waals surface area contributed by atoms with Crippen LogP contribution in [0.25, 0.3) is 0 Å². The summed E-state index contributed by atoms with van der Waals surface area (Å²) in [6.45, 7) is 2.18. The molecule has 1 saturated heterocycles. The topological polar surface area (TPSA) is 76.1 Å². The van der Waals surface area contributed by atoms with Crippen LogP contribution in [0.5, 0.6) is 5.75 Å². The normalized spacial score (nSPS) is 17.5. The minimum Gasteiger partial charge on any atom is -0.486 e. The lowest BCUT2D eigenvalue weighted by molar-refractivity contribution is 0.0920. The van der Waals surface area contributed by atoms with Crippen molar-refractivity contribution >= 4 is 5.91 Å². The molecule has 0 radical (unpaired) electrons. The molecule has 1 fully saturated rings. The van der Waals surface area contributed by atoms with E-state index in [-0.39, 0.29) is 11.9 Å². The Morgan fingerprint density at radius 1 is 1.30 bits per heavy atom. The van der Waals surface area contributed by atoms with Crippen LogP contribution >= 0.6 is 0 Å². The molecule has 3 rings (SSSR count). The maximum atomic E-state index is 12.5. The highest BCUT2D eigenvalue weighted by atomic mass is 16.5. The minimum atomic E-state index is -0.191. The number of amides is 1. The van der Waals surface area contributed by atoms with Gasteiger partial charge in [0.2, 0.25) is 0 Å². The lowest BCUT2D eigenvalue weighted by Crippen LogP contribution is -2.45. The highest BCUT2D eigenvalue weighted by molar-refractivity contribution is 5.95. The standard InChI is InChI=1S/C17H20N4O2/c22-17(21-14-3-1-7-19-11-14)16-15(4-2-8-20-16)23-12-13-5-9-18-10-6-13/h2,4-6,8-10,14,19H,1,3,7,11-12H2,(H,21,22)/t14-/m0/s1. The SMILES string of the molecule is O=C(N[C@H]1CCCNC1)c1ncccc1OCc1ccncc1. The van der Waals surface area contributed by atoms with E-state index in [2.05, 4.69) is 20.6 Å². The van der Waals surface area contributed by atoms with Crippen LogP contribution in [-0.2, 0) is 6.61 Å². The zero-order valence-corrected chi connectivity index (χ0v) is 12.9. The first-order valence-electron chi connectivity index (χ1n) is 7.81. The molecular formula is C17H20N4O2. The Kier molecular flexibility index (Phi) is 5.16. The molecule has 23 heavy (non-hydrogen) atoms. The van der Waals surface area contributed by atoms with Crippen molar-refractivity contribution in [2.45, 2.75) is 25.5 Å².